The first-order valence-electron chi connectivity index (χ1n) is 6.33. The average Bonchev–Trinajstić information content (AvgIpc) is 2.45. The molecule has 1 aromatic heterocycles. The molecular weight excluding hydrogens is 252 g/mol. The molecule has 0 atom stereocenters. The van der Waals surface area contributed by atoms with Crippen LogP contribution in [-0.4, -0.2) is 23.7 Å². The number of aryl methyl sites for hydroxylation is 2. The summed E-state index contributed by atoms with van der Waals surface area (Å²) in [5.41, 5.74) is 2.83. The van der Waals surface area contributed by atoms with E-state index in [1.807, 2.05) is 25.1 Å². The van der Waals surface area contributed by atoms with Gasteiger partial charge < -0.3 is 5.32 Å². The fourth-order valence-corrected chi connectivity index (χ4v) is 2.07. The van der Waals surface area contributed by atoms with Crippen LogP contribution in [0.4, 0.5) is 0 Å². The molecule has 2 rings (SSSR count). The van der Waals surface area contributed by atoms with Crippen LogP contribution in [0.25, 0.3) is 0 Å². The number of amides is 1. The predicted molar refractivity (Wildman–Crippen MR) is 77.0 cm³/mol. The van der Waals surface area contributed by atoms with Crippen molar-refractivity contribution in [3.05, 3.63) is 64.5 Å². The second-order valence-electron chi connectivity index (χ2n) is 4.63. The van der Waals surface area contributed by atoms with Crippen LogP contribution in [0.5, 0.6) is 0 Å². The van der Waals surface area contributed by atoms with Crippen LogP contribution in [0.15, 0.2) is 36.5 Å². The lowest BCUT2D eigenvalue weighted by molar-refractivity contribution is 0.0945. The Morgan fingerprint density at radius 2 is 1.90 bits per heavy atom. The third-order valence-electron chi connectivity index (χ3n) is 3.11. The van der Waals surface area contributed by atoms with E-state index in [9.17, 15) is 9.59 Å². The van der Waals surface area contributed by atoms with E-state index >= 15 is 0 Å². The normalized spacial score (nSPS) is 10.2. The lowest BCUT2D eigenvalue weighted by Crippen LogP contribution is -2.23. The highest BCUT2D eigenvalue weighted by molar-refractivity contribution is 6.15. The van der Waals surface area contributed by atoms with Crippen LogP contribution >= 0.6 is 0 Å². The SMILES string of the molecule is CNC(=O)c1nccc(C)c1C(=O)c1cccc(C)c1. The molecule has 0 spiro atoms. The van der Waals surface area contributed by atoms with Crippen LogP contribution in [0, 0.1) is 13.8 Å². The highest BCUT2D eigenvalue weighted by atomic mass is 16.2. The molecule has 0 saturated carbocycles. The first kappa shape index (κ1) is 13.9. The molecule has 20 heavy (non-hydrogen) atoms. The molecule has 0 aliphatic rings. The molecule has 4 heteroatoms. The summed E-state index contributed by atoms with van der Waals surface area (Å²) >= 11 is 0. The number of nitrogens with one attached hydrogen (secondary N) is 1. The lowest BCUT2D eigenvalue weighted by atomic mass is 9.96. The van der Waals surface area contributed by atoms with Gasteiger partial charge in [-0.2, -0.15) is 0 Å². The van der Waals surface area contributed by atoms with Gasteiger partial charge in [-0.3, -0.25) is 14.6 Å². The van der Waals surface area contributed by atoms with Crippen molar-refractivity contribution in [1.82, 2.24) is 10.3 Å². The van der Waals surface area contributed by atoms with Crippen molar-refractivity contribution in [2.24, 2.45) is 0 Å². The van der Waals surface area contributed by atoms with Crippen molar-refractivity contribution < 1.29 is 9.59 Å². The van der Waals surface area contributed by atoms with Crippen LogP contribution < -0.4 is 5.32 Å². The van der Waals surface area contributed by atoms with Gasteiger partial charge in [-0.15, -0.1) is 0 Å². The molecule has 0 aliphatic heterocycles. The van der Waals surface area contributed by atoms with Crippen molar-refractivity contribution in [3.63, 3.8) is 0 Å². The second kappa shape index (κ2) is 5.65. The van der Waals surface area contributed by atoms with E-state index in [1.54, 1.807) is 19.1 Å². The molecule has 0 unspecified atom stereocenters. The first-order chi connectivity index (χ1) is 9.54. The number of nitrogens with zero attached hydrogens (tertiary/aromatic N) is 1. The fourth-order valence-electron chi connectivity index (χ4n) is 2.07. The van der Waals surface area contributed by atoms with Gasteiger partial charge in [-0.05, 0) is 31.5 Å². The van der Waals surface area contributed by atoms with Gasteiger partial charge in [0.05, 0.1) is 5.56 Å². The minimum Gasteiger partial charge on any atom is -0.354 e. The Bertz CT molecular complexity index is 678. The summed E-state index contributed by atoms with van der Waals surface area (Å²) in [6.07, 6.45) is 1.53. The van der Waals surface area contributed by atoms with Crippen molar-refractivity contribution in [2.45, 2.75) is 13.8 Å². The molecule has 1 amide bonds. The van der Waals surface area contributed by atoms with Gasteiger partial charge in [0, 0.05) is 18.8 Å². The van der Waals surface area contributed by atoms with E-state index in [0.717, 1.165) is 11.1 Å². The summed E-state index contributed by atoms with van der Waals surface area (Å²) in [6, 6.07) is 9.04. The highest BCUT2D eigenvalue weighted by Crippen LogP contribution is 2.18. The second-order valence-corrected chi connectivity index (χ2v) is 4.63. The Morgan fingerprint density at radius 3 is 2.55 bits per heavy atom. The number of ketones is 1. The Morgan fingerprint density at radius 1 is 1.15 bits per heavy atom. The third kappa shape index (κ3) is 2.59. The zero-order valence-electron chi connectivity index (χ0n) is 11.7. The number of pyridine rings is 1. The molecule has 0 bridgehead atoms. The molecule has 102 valence electrons. The molecule has 4 nitrogen and oxygen atoms in total. The van der Waals surface area contributed by atoms with Crippen molar-refractivity contribution in [3.8, 4) is 0 Å². The summed E-state index contributed by atoms with van der Waals surface area (Å²) in [6.45, 7) is 3.73. The summed E-state index contributed by atoms with van der Waals surface area (Å²) < 4.78 is 0. The average molecular weight is 268 g/mol. The zero-order chi connectivity index (χ0) is 14.7. The van der Waals surface area contributed by atoms with Gasteiger partial charge in [-0.1, -0.05) is 23.8 Å². The molecule has 0 saturated heterocycles. The zero-order valence-corrected chi connectivity index (χ0v) is 11.7. The molecule has 1 aromatic carbocycles. The van der Waals surface area contributed by atoms with E-state index in [0.29, 0.717) is 11.1 Å². The standard InChI is InChI=1S/C16H16N2O2/c1-10-5-4-6-12(9-10)15(19)13-11(2)7-8-18-14(13)16(20)17-3/h4-9H,1-3H3,(H,17,20). The van der Waals surface area contributed by atoms with E-state index in [-0.39, 0.29) is 17.4 Å². The lowest BCUT2D eigenvalue weighted by Gasteiger charge is -2.10. The molecular formula is C16H16N2O2. The number of aromatic nitrogens is 1. The molecule has 0 fully saturated rings. The summed E-state index contributed by atoms with van der Waals surface area (Å²) in [5.74, 6) is -0.539. The summed E-state index contributed by atoms with van der Waals surface area (Å²) in [4.78, 5) is 28.6. The maximum Gasteiger partial charge on any atom is 0.270 e. The van der Waals surface area contributed by atoms with Gasteiger partial charge in [0.15, 0.2) is 5.78 Å². The number of benzene rings is 1. The maximum atomic E-state index is 12.6. The Labute approximate surface area is 117 Å². The molecule has 2 aromatic rings. The summed E-state index contributed by atoms with van der Waals surface area (Å²) in [5, 5.41) is 2.51. The number of rotatable bonds is 3. The minimum atomic E-state index is -0.357. The Balaban J connectivity index is 2.57. The van der Waals surface area contributed by atoms with Gasteiger partial charge in [0.2, 0.25) is 0 Å². The molecule has 0 radical (unpaired) electrons. The van der Waals surface area contributed by atoms with Crippen molar-refractivity contribution in [1.29, 1.82) is 0 Å². The van der Waals surface area contributed by atoms with Crippen molar-refractivity contribution in [2.75, 3.05) is 7.05 Å². The quantitative estimate of drug-likeness (QED) is 0.869. The minimum absolute atomic E-state index is 0.166. The van der Waals surface area contributed by atoms with Crippen LogP contribution in [-0.2, 0) is 0 Å². The Kier molecular flexibility index (Phi) is 3.94. The van der Waals surface area contributed by atoms with Gasteiger partial charge in [-0.25, -0.2) is 0 Å². The number of hydrogen-bond donors (Lipinski definition) is 1. The fraction of sp³-hybridized carbons (Fsp3) is 0.188. The first-order valence-corrected chi connectivity index (χ1v) is 6.33. The van der Waals surface area contributed by atoms with Crippen LogP contribution in [0.3, 0.4) is 0 Å². The van der Waals surface area contributed by atoms with E-state index in [2.05, 4.69) is 10.3 Å². The molecule has 1 heterocycles. The number of carbonyl (C=O) groups is 2. The Hall–Kier alpha value is -2.49. The molecule has 0 aliphatic carbocycles. The largest absolute Gasteiger partial charge is 0.354 e. The topological polar surface area (TPSA) is 59.1 Å². The van der Waals surface area contributed by atoms with Crippen LogP contribution in [0.2, 0.25) is 0 Å². The van der Waals surface area contributed by atoms with E-state index < -0.39 is 0 Å². The van der Waals surface area contributed by atoms with Crippen molar-refractivity contribution >= 4 is 11.7 Å². The van der Waals surface area contributed by atoms with E-state index in [1.165, 1.54) is 13.2 Å². The van der Waals surface area contributed by atoms with Gasteiger partial charge >= 0.3 is 0 Å². The number of hydrogen-bond acceptors (Lipinski definition) is 3. The highest BCUT2D eigenvalue weighted by Gasteiger charge is 2.21. The number of carbonyl (C=O) groups excluding carboxylic acids is 2. The van der Waals surface area contributed by atoms with Crippen LogP contribution in [0.1, 0.15) is 37.5 Å². The summed E-state index contributed by atoms with van der Waals surface area (Å²) in [7, 11) is 1.52. The maximum absolute atomic E-state index is 12.6. The van der Waals surface area contributed by atoms with E-state index in [4.69, 9.17) is 0 Å². The smallest absolute Gasteiger partial charge is 0.270 e. The van der Waals surface area contributed by atoms with Gasteiger partial charge in [0.1, 0.15) is 5.69 Å². The third-order valence-corrected chi connectivity index (χ3v) is 3.11. The molecule has 1 N–H and O–H groups in total. The predicted octanol–water partition coefficient (Wildman–Crippen LogP) is 2.29. The monoisotopic (exact) mass is 268 g/mol. The van der Waals surface area contributed by atoms with Gasteiger partial charge in [0.25, 0.3) is 5.91 Å².